The van der Waals surface area contributed by atoms with Crippen LogP contribution in [0.4, 0.5) is 5.69 Å². The Balaban J connectivity index is 1.64. The van der Waals surface area contributed by atoms with Gasteiger partial charge in [-0.15, -0.1) is 0 Å². The average Bonchev–Trinajstić information content (AvgIpc) is 3.23. The molecule has 1 fully saturated rings. The summed E-state index contributed by atoms with van der Waals surface area (Å²) >= 11 is 0. The van der Waals surface area contributed by atoms with Gasteiger partial charge in [0.2, 0.25) is 0 Å². The van der Waals surface area contributed by atoms with Crippen molar-refractivity contribution in [2.45, 2.75) is 18.9 Å². The minimum atomic E-state index is 0.438. The molecule has 1 heterocycles. The molecule has 1 saturated carbocycles. The van der Waals surface area contributed by atoms with E-state index in [9.17, 15) is 0 Å². The van der Waals surface area contributed by atoms with Crippen LogP contribution in [0.1, 0.15) is 24.4 Å². The number of rotatable bonds is 4. The van der Waals surface area contributed by atoms with Crippen molar-refractivity contribution < 1.29 is 0 Å². The Morgan fingerprint density at radius 2 is 1.85 bits per heavy atom. The van der Waals surface area contributed by atoms with E-state index in [1.807, 2.05) is 6.20 Å². The minimum absolute atomic E-state index is 0.438. The first kappa shape index (κ1) is 11.6. The van der Waals surface area contributed by atoms with Crippen molar-refractivity contribution in [2.24, 2.45) is 5.92 Å². The highest BCUT2D eigenvalue weighted by molar-refractivity contribution is 5.83. The predicted molar refractivity (Wildman–Crippen MR) is 83.8 cm³/mol. The van der Waals surface area contributed by atoms with E-state index in [0.29, 0.717) is 6.04 Å². The number of aromatic nitrogens is 1. The zero-order valence-corrected chi connectivity index (χ0v) is 11.3. The molecule has 100 valence electrons. The van der Waals surface area contributed by atoms with Crippen LogP contribution in [0.25, 0.3) is 10.9 Å². The second-order valence-corrected chi connectivity index (χ2v) is 5.65. The molecule has 1 aromatic heterocycles. The first-order valence-corrected chi connectivity index (χ1v) is 7.29. The predicted octanol–water partition coefficient (Wildman–Crippen LogP) is 4.73. The van der Waals surface area contributed by atoms with Crippen LogP contribution in [0.5, 0.6) is 0 Å². The van der Waals surface area contributed by atoms with Gasteiger partial charge in [0, 0.05) is 22.8 Å². The molecule has 1 aliphatic rings. The van der Waals surface area contributed by atoms with Gasteiger partial charge in [-0.3, -0.25) is 0 Å². The van der Waals surface area contributed by atoms with Crippen LogP contribution in [-0.2, 0) is 0 Å². The molecule has 2 nitrogen and oxygen atoms in total. The molecule has 0 aliphatic heterocycles. The number of nitrogens with one attached hydrogen (secondary N) is 2. The number of fused-ring (bicyclic) bond motifs is 1. The van der Waals surface area contributed by atoms with Gasteiger partial charge >= 0.3 is 0 Å². The summed E-state index contributed by atoms with van der Waals surface area (Å²) in [5.41, 5.74) is 3.79. The summed E-state index contributed by atoms with van der Waals surface area (Å²) in [6, 6.07) is 19.9. The smallest absolute Gasteiger partial charge is 0.0542 e. The third kappa shape index (κ3) is 2.18. The largest absolute Gasteiger partial charge is 0.378 e. The van der Waals surface area contributed by atoms with Crippen LogP contribution < -0.4 is 5.32 Å². The van der Waals surface area contributed by atoms with Crippen LogP contribution in [-0.4, -0.2) is 4.98 Å². The minimum Gasteiger partial charge on any atom is -0.378 e. The van der Waals surface area contributed by atoms with E-state index in [1.165, 1.54) is 35.0 Å². The van der Waals surface area contributed by atoms with Gasteiger partial charge in [-0.25, -0.2) is 0 Å². The van der Waals surface area contributed by atoms with Gasteiger partial charge in [-0.2, -0.15) is 0 Å². The number of hydrogen-bond donors (Lipinski definition) is 2. The van der Waals surface area contributed by atoms with Gasteiger partial charge in [0.1, 0.15) is 0 Å². The quantitative estimate of drug-likeness (QED) is 0.699. The summed E-state index contributed by atoms with van der Waals surface area (Å²) in [5.74, 6) is 0.777. The molecule has 2 heteroatoms. The molecule has 2 N–H and O–H groups in total. The fraction of sp³-hybridized carbons (Fsp3) is 0.222. The Morgan fingerprint density at radius 1 is 1.00 bits per heavy atom. The van der Waals surface area contributed by atoms with Crippen molar-refractivity contribution in [3.63, 3.8) is 0 Å². The topological polar surface area (TPSA) is 27.8 Å². The van der Waals surface area contributed by atoms with E-state index in [4.69, 9.17) is 0 Å². The molecule has 0 spiro atoms. The maximum Gasteiger partial charge on any atom is 0.0542 e. The Bertz CT molecular complexity index is 710. The average molecular weight is 262 g/mol. The van der Waals surface area contributed by atoms with E-state index < -0.39 is 0 Å². The number of anilines is 1. The zero-order valence-electron chi connectivity index (χ0n) is 11.3. The van der Waals surface area contributed by atoms with Gasteiger partial charge in [0.15, 0.2) is 0 Å². The van der Waals surface area contributed by atoms with Crippen LogP contribution in [0.15, 0.2) is 60.8 Å². The normalized spacial score (nSPS) is 16.2. The summed E-state index contributed by atoms with van der Waals surface area (Å²) < 4.78 is 0. The summed E-state index contributed by atoms with van der Waals surface area (Å²) in [6.45, 7) is 0. The van der Waals surface area contributed by atoms with Crippen LogP contribution >= 0.6 is 0 Å². The molecule has 0 amide bonds. The third-order valence-electron chi connectivity index (χ3n) is 4.13. The summed E-state index contributed by atoms with van der Waals surface area (Å²) in [7, 11) is 0. The number of hydrogen-bond acceptors (Lipinski definition) is 1. The van der Waals surface area contributed by atoms with Gasteiger partial charge in [0.25, 0.3) is 0 Å². The lowest BCUT2D eigenvalue weighted by Gasteiger charge is -2.20. The standard InChI is InChI=1S/C18H18N2/c1-2-4-13(5-3-1)18(14-6-7-14)20-16-8-9-17-15(12-16)10-11-19-17/h1-5,8-12,14,18-20H,6-7H2. The SMILES string of the molecule is c1ccc(C(Nc2ccc3[nH]ccc3c2)C2CC2)cc1. The second-order valence-electron chi connectivity index (χ2n) is 5.65. The first-order chi connectivity index (χ1) is 9.90. The molecule has 2 aromatic carbocycles. The van der Waals surface area contributed by atoms with E-state index in [1.54, 1.807) is 0 Å². The van der Waals surface area contributed by atoms with Gasteiger partial charge < -0.3 is 10.3 Å². The van der Waals surface area contributed by atoms with Gasteiger partial charge in [0.05, 0.1) is 6.04 Å². The highest BCUT2D eigenvalue weighted by atomic mass is 14.9. The fourth-order valence-corrected chi connectivity index (χ4v) is 2.89. The lowest BCUT2D eigenvalue weighted by atomic mass is 10.0. The Hall–Kier alpha value is -2.22. The van der Waals surface area contributed by atoms with Crippen molar-refractivity contribution in [1.29, 1.82) is 0 Å². The molecule has 1 unspecified atom stereocenters. The monoisotopic (exact) mass is 262 g/mol. The van der Waals surface area contributed by atoms with Crippen molar-refractivity contribution in [3.05, 3.63) is 66.4 Å². The molecule has 3 aromatic rings. The van der Waals surface area contributed by atoms with E-state index >= 15 is 0 Å². The molecule has 1 atom stereocenters. The summed E-state index contributed by atoms with van der Waals surface area (Å²) in [6.07, 6.45) is 4.65. The summed E-state index contributed by atoms with van der Waals surface area (Å²) in [4.78, 5) is 3.24. The zero-order chi connectivity index (χ0) is 13.4. The number of aromatic amines is 1. The molecule has 20 heavy (non-hydrogen) atoms. The van der Waals surface area contributed by atoms with Gasteiger partial charge in [-0.1, -0.05) is 30.3 Å². The van der Waals surface area contributed by atoms with Crippen LogP contribution in [0.2, 0.25) is 0 Å². The lowest BCUT2D eigenvalue weighted by Crippen LogP contribution is -2.12. The van der Waals surface area contributed by atoms with Gasteiger partial charge in [-0.05, 0) is 48.6 Å². The third-order valence-corrected chi connectivity index (χ3v) is 4.13. The number of H-pyrrole nitrogens is 1. The highest BCUT2D eigenvalue weighted by Gasteiger charge is 2.32. The maximum absolute atomic E-state index is 3.73. The molecule has 1 aliphatic carbocycles. The van der Waals surface area contributed by atoms with E-state index in [0.717, 1.165) is 5.92 Å². The number of benzene rings is 2. The molecule has 0 radical (unpaired) electrons. The lowest BCUT2D eigenvalue weighted by molar-refractivity contribution is 0.679. The van der Waals surface area contributed by atoms with E-state index in [2.05, 4.69) is 64.9 Å². The molecular weight excluding hydrogens is 244 g/mol. The first-order valence-electron chi connectivity index (χ1n) is 7.29. The van der Waals surface area contributed by atoms with Crippen molar-refractivity contribution in [1.82, 2.24) is 4.98 Å². The Kier molecular flexibility index (Phi) is 2.73. The highest BCUT2D eigenvalue weighted by Crippen LogP contribution is 2.43. The van der Waals surface area contributed by atoms with Crippen LogP contribution in [0, 0.1) is 5.92 Å². The van der Waals surface area contributed by atoms with Crippen molar-refractivity contribution in [2.75, 3.05) is 5.32 Å². The fourth-order valence-electron chi connectivity index (χ4n) is 2.89. The second kappa shape index (κ2) is 4.71. The maximum atomic E-state index is 3.73. The Labute approximate surface area is 118 Å². The molecule has 4 rings (SSSR count). The van der Waals surface area contributed by atoms with E-state index in [-0.39, 0.29) is 0 Å². The molecule has 0 saturated heterocycles. The molecule has 0 bridgehead atoms. The Morgan fingerprint density at radius 3 is 2.65 bits per heavy atom. The molecular formula is C18H18N2. The van der Waals surface area contributed by atoms with Crippen molar-refractivity contribution >= 4 is 16.6 Å². The summed E-state index contributed by atoms with van der Waals surface area (Å²) in [5, 5.41) is 4.99. The van der Waals surface area contributed by atoms with Crippen LogP contribution in [0.3, 0.4) is 0 Å². The van der Waals surface area contributed by atoms with Crippen molar-refractivity contribution in [3.8, 4) is 0 Å².